The molecule has 0 bridgehead atoms. The normalized spacial score (nSPS) is 22.6. The van der Waals surface area contributed by atoms with Crippen molar-refractivity contribution < 1.29 is 4.79 Å². The molecule has 1 heterocycles. The Labute approximate surface area is 124 Å². The van der Waals surface area contributed by atoms with Crippen molar-refractivity contribution in [3.05, 3.63) is 0 Å². The van der Waals surface area contributed by atoms with Gasteiger partial charge in [-0.25, -0.2) is 0 Å². The van der Waals surface area contributed by atoms with E-state index in [9.17, 15) is 4.79 Å². The molecule has 0 aromatic heterocycles. The average molecular weight is 283 g/mol. The van der Waals surface area contributed by atoms with Crippen molar-refractivity contribution >= 4 is 5.91 Å². The number of nitrogens with one attached hydrogen (secondary N) is 2. The molecule has 2 N–H and O–H groups in total. The van der Waals surface area contributed by atoms with Gasteiger partial charge in [0.05, 0.1) is 6.54 Å². The number of likely N-dealkylation sites (tertiary alicyclic amines) is 1. The second-order valence-corrected chi connectivity index (χ2v) is 7.07. The number of rotatable bonds is 6. The Bertz CT molecular complexity index is 299. The van der Waals surface area contributed by atoms with E-state index >= 15 is 0 Å². The molecule has 1 aliphatic rings. The first-order valence-electron chi connectivity index (χ1n) is 8.12. The van der Waals surface area contributed by atoms with E-state index in [2.05, 4.69) is 29.4 Å². The third-order valence-electron chi connectivity index (χ3n) is 3.82. The van der Waals surface area contributed by atoms with Crippen LogP contribution in [0.2, 0.25) is 0 Å². The molecule has 0 aliphatic carbocycles. The fourth-order valence-electron chi connectivity index (χ4n) is 2.93. The van der Waals surface area contributed by atoms with Gasteiger partial charge in [0.1, 0.15) is 0 Å². The summed E-state index contributed by atoms with van der Waals surface area (Å²) in [7, 11) is 0. The van der Waals surface area contributed by atoms with Gasteiger partial charge in [-0.3, -0.25) is 9.69 Å². The van der Waals surface area contributed by atoms with E-state index in [0.717, 1.165) is 19.5 Å². The highest BCUT2D eigenvalue weighted by Gasteiger charge is 2.29. The zero-order valence-electron chi connectivity index (χ0n) is 14.0. The fraction of sp³-hybridized carbons (Fsp3) is 0.938. The van der Waals surface area contributed by atoms with E-state index < -0.39 is 0 Å². The summed E-state index contributed by atoms with van der Waals surface area (Å²) in [4.78, 5) is 14.5. The lowest BCUT2D eigenvalue weighted by molar-refractivity contribution is -0.124. The summed E-state index contributed by atoms with van der Waals surface area (Å²) in [6, 6.07) is 0.943. The van der Waals surface area contributed by atoms with E-state index in [0.29, 0.717) is 18.6 Å². The maximum atomic E-state index is 12.1. The monoisotopic (exact) mass is 283 g/mol. The molecule has 118 valence electrons. The Balaban J connectivity index is 2.53. The summed E-state index contributed by atoms with van der Waals surface area (Å²) in [5.74, 6) is 0.145. The van der Waals surface area contributed by atoms with Crippen LogP contribution in [-0.2, 0) is 4.79 Å². The first kappa shape index (κ1) is 17.4. The van der Waals surface area contributed by atoms with E-state index in [4.69, 9.17) is 0 Å². The van der Waals surface area contributed by atoms with Crippen LogP contribution in [0.25, 0.3) is 0 Å². The maximum absolute atomic E-state index is 12.1. The third-order valence-corrected chi connectivity index (χ3v) is 3.82. The Morgan fingerprint density at radius 2 is 2.05 bits per heavy atom. The minimum absolute atomic E-state index is 0.144. The molecule has 0 saturated carbocycles. The van der Waals surface area contributed by atoms with Crippen LogP contribution >= 0.6 is 0 Å². The Hall–Kier alpha value is -0.610. The van der Waals surface area contributed by atoms with Crippen molar-refractivity contribution in [3.63, 3.8) is 0 Å². The first-order valence-corrected chi connectivity index (χ1v) is 8.12. The van der Waals surface area contributed by atoms with Crippen LogP contribution in [0.4, 0.5) is 0 Å². The van der Waals surface area contributed by atoms with Gasteiger partial charge in [-0.2, -0.15) is 0 Å². The standard InChI is InChI=1S/C16H33N3O/c1-6-10-17-13(2)14-9-7-8-11-19(14)12-15(20)18-16(3,4)5/h13-14,17H,6-12H2,1-5H3,(H,18,20). The van der Waals surface area contributed by atoms with Crippen LogP contribution in [-0.4, -0.2) is 48.1 Å². The van der Waals surface area contributed by atoms with Gasteiger partial charge < -0.3 is 10.6 Å². The summed E-state index contributed by atoms with van der Waals surface area (Å²) < 4.78 is 0. The maximum Gasteiger partial charge on any atom is 0.234 e. The predicted molar refractivity (Wildman–Crippen MR) is 84.9 cm³/mol. The van der Waals surface area contributed by atoms with Crippen molar-refractivity contribution in [2.75, 3.05) is 19.6 Å². The fourth-order valence-corrected chi connectivity index (χ4v) is 2.93. The molecular formula is C16H33N3O. The van der Waals surface area contributed by atoms with E-state index in [1.165, 1.54) is 19.3 Å². The van der Waals surface area contributed by atoms with Crippen molar-refractivity contribution in [3.8, 4) is 0 Å². The number of nitrogens with zero attached hydrogens (tertiary/aromatic N) is 1. The topological polar surface area (TPSA) is 44.4 Å². The molecular weight excluding hydrogens is 250 g/mol. The van der Waals surface area contributed by atoms with Gasteiger partial charge in [0.25, 0.3) is 0 Å². The van der Waals surface area contributed by atoms with Crippen LogP contribution in [0.5, 0.6) is 0 Å². The number of carbonyl (C=O) groups excluding carboxylic acids is 1. The largest absolute Gasteiger partial charge is 0.350 e. The zero-order chi connectivity index (χ0) is 15.2. The minimum Gasteiger partial charge on any atom is -0.350 e. The number of hydrogen-bond acceptors (Lipinski definition) is 3. The highest BCUT2D eigenvalue weighted by Crippen LogP contribution is 2.19. The highest BCUT2D eigenvalue weighted by atomic mass is 16.2. The second kappa shape index (κ2) is 7.99. The summed E-state index contributed by atoms with van der Waals surface area (Å²) in [5, 5.41) is 6.65. The smallest absolute Gasteiger partial charge is 0.234 e. The number of hydrogen-bond donors (Lipinski definition) is 2. The van der Waals surface area contributed by atoms with E-state index in [-0.39, 0.29) is 11.4 Å². The molecule has 4 heteroatoms. The van der Waals surface area contributed by atoms with Crippen molar-refractivity contribution in [1.82, 2.24) is 15.5 Å². The van der Waals surface area contributed by atoms with Gasteiger partial charge in [-0.15, -0.1) is 0 Å². The van der Waals surface area contributed by atoms with Gasteiger partial charge in [-0.1, -0.05) is 13.3 Å². The minimum atomic E-state index is -0.144. The highest BCUT2D eigenvalue weighted by molar-refractivity contribution is 5.78. The van der Waals surface area contributed by atoms with E-state index in [1.54, 1.807) is 0 Å². The molecule has 4 nitrogen and oxygen atoms in total. The summed E-state index contributed by atoms with van der Waals surface area (Å²) in [6.45, 7) is 13.2. The number of carbonyl (C=O) groups is 1. The quantitative estimate of drug-likeness (QED) is 0.785. The zero-order valence-corrected chi connectivity index (χ0v) is 14.0. The van der Waals surface area contributed by atoms with Crippen molar-refractivity contribution in [2.24, 2.45) is 0 Å². The second-order valence-electron chi connectivity index (χ2n) is 7.07. The van der Waals surface area contributed by atoms with Crippen LogP contribution in [0.3, 0.4) is 0 Å². The van der Waals surface area contributed by atoms with Crippen LogP contribution in [0, 0.1) is 0 Å². The molecule has 0 aromatic carbocycles. The lowest BCUT2D eigenvalue weighted by atomic mass is 9.96. The lowest BCUT2D eigenvalue weighted by Gasteiger charge is -2.39. The molecule has 1 amide bonds. The molecule has 1 aliphatic heterocycles. The summed E-state index contributed by atoms with van der Waals surface area (Å²) in [5.41, 5.74) is -0.144. The first-order chi connectivity index (χ1) is 9.33. The van der Waals surface area contributed by atoms with Gasteiger partial charge in [0, 0.05) is 17.6 Å². The molecule has 0 radical (unpaired) electrons. The van der Waals surface area contributed by atoms with Gasteiger partial charge in [0.15, 0.2) is 0 Å². The molecule has 1 fully saturated rings. The third kappa shape index (κ3) is 6.23. The molecule has 2 unspecified atom stereocenters. The SMILES string of the molecule is CCCNC(C)C1CCCCN1CC(=O)NC(C)(C)C. The molecule has 20 heavy (non-hydrogen) atoms. The van der Waals surface area contributed by atoms with Crippen LogP contribution in [0.15, 0.2) is 0 Å². The number of piperidine rings is 1. The molecule has 0 aromatic rings. The molecule has 1 saturated heterocycles. The van der Waals surface area contributed by atoms with Crippen LogP contribution < -0.4 is 10.6 Å². The van der Waals surface area contributed by atoms with Crippen molar-refractivity contribution in [1.29, 1.82) is 0 Å². The Morgan fingerprint density at radius 3 is 2.65 bits per heavy atom. The van der Waals surface area contributed by atoms with Gasteiger partial charge in [-0.05, 0) is 60.0 Å². The molecule has 2 atom stereocenters. The molecule has 1 rings (SSSR count). The summed E-state index contributed by atoms with van der Waals surface area (Å²) >= 11 is 0. The number of amides is 1. The lowest BCUT2D eigenvalue weighted by Crippen LogP contribution is -2.55. The van der Waals surface area contributed by atoms with Gasteiger partial charge >= 0.3 is 0 Å². The Morgan fingerprint density at radius 1 is 1.35 bits per heavy atom. The van der Waals surface area contributed by atoms with E-state index in [1.807, 2.05) is 20.8 Å². The van der Waals surface area contributed by atoms with Crippen LogP contribution in [0.1, 0.15) is 60.3 Å². The Kier molecular flexibility index (Phi) is 6.96. The molecule has 0 spiro atoms. The summed E-state index contributed by atoms with van der Waals surface area (Å²) in [6.07, 6.45) is 4.84. The average Bonchev–Trinajstić information content (AvgIpc) is 2.34. The van der Waals surface area contributed by atoms with Gasteiger partial charge in [0.2, 0.25) is 5.91 Å². The van der Waals surface area contributed by atoms with Crippen molar-refractivity contribution in [2.45, 2.75) is 77.9 Å². The predicted octanol–water partition coefficient (Wildman–Crippen LogP) is 2.14.